The smallest absolute Gasteiger partial charge is 0.265 e. The van der Waals surface area contributed by atoms with E-state index in [9.17, 15) is 9.59 Å². The molecule has 6 nitrogen and oxygen atoms in total. The fourth-order valence-corrected chi connectivity index (χ4v) is 1.27. The Labute approximate surface area is 78.3 Å². The summed E-state index contributed by atoms with van der Waals surface area (Å²) >= 11 is 0. The number of rotatable bonds is 1. The molecule has 0 atom stereocenters. The van der Waals surface area contributed by atoms with Crippen LogP contribution in [0.4, 0.5) is 0 Å². The van der Waals surface area contributed by atoms with Gasteiger partial charge in [-0.1, -0.05) is 0 Å². The number of nitrogens with two attached hydrogens (primary N) is 1. The number of aromatic amines is 1. The summed E-state index contributed by atoms with van der Waals surface area (Å²) in [6.07, 6.45) is 1.44. The molecule has 14 heavy (non-hydrogen) atoms. The Kier molecular flexibility index (Phi) is 1.63. The molecule has 0 aromatic carbocycles. The first kappa shape index (κ1) is 8.49. The average Bonchev–Trinajstić information content (AvgIpc) is 2.48. The van der Waals surface area contributed by atoms with E-state index >= 15 is 0 Å². The van der Waals surface area contributed by atoms with E-state index in [1.54, 1.807) is 7.05 Å². The standard InChI is InChI=1S/C8H8N4O2/c1-12-8-4(3-10-12)6(13)2-5(11-8)7(9)14/h2-3H,1H3,(H2,9,14)(H,11,13). The maximum atomic E-state index is 11.4. The summed E-state index contributed by atoms with van der Waals surface area (Å²) in [5.41, 5.74) is 5.37. The summed E-state index contributed by atoms with van der Waals surface area (Å²) in [6, 6.07) is 1.17. The predicted molar refractivity (Wildman–Crippen MR) is 49.9 cm³/mol. The molecule has 0 aliphatic carbocycles. The maximum absolute atomic E-state index is 11.4. The van der Waals surface area contributed by atoms with Gasteiger partial charge in [-0.3, -0.25) is 14.3 Å². The van der Waals surface area contributed by atoms with E-state index in [0.29, 0.717) is 11.0 Å². The van der Waals surface area contributed by atoms with Crippen LogP contribution in [0.25, 0.3) is 11.0 Å². The Hall–Kier alpha value is -2.11. The van der Waals surface area contributed by atoms with Gasteiger partial charge < -0.3 is 10.7 Å². The molecule has 2 aromatic rings. The molecule has 0 spiro atoms. The van der Waals surface area contributed by atoms with E-state index in [1.807, 2.05) is 0 Å². The molecule has 0 unspecified atom stereocenters. The van der Waals surface area contributed by atoms with Gasteiger partial charge in [-0.2, -0.15) is 5.10 Å². The number of carbonyl (C=O) groups excluding carboxylic acids is 1. The van der Waals surface area contributed by atoms with Gasteiger partial charge in [-0.25, -0.2) is 0 Å². The monoisotopic (exact) mass is 192 g/mol. The molecule has 0 saturated heterocycles. The van der Waals surface area contributed by atoms with Crippen LogP contribution < -0.4 is 11.2 Å². The molecule has 1 amide bonds. The Morgan fingerprint density at radius 2 is 2.36 bits per heavy atom. The first-order valence-electron chi connectivity index (χ1n) is 3.94. The van der Waals surface area contributed by atoms with Crippen LogP contribution in [0, 0.1) is 0 Å². The lowest BCUT2D eigenvalue weighted by Crippen LogP contribution is -2.17. The lowest BCUT2D eigenvalue weighted by molar-refractivity contribution is 0.0996. The molecule has 2 rings (SSSR count). The van der Waals surface area contributed by atoms with Crippen LogP contribution in [0.15, 0.2) is 17.1 Å². The zero-order valence-electron chi connectivity index (χ0n) is 7.44. The molecule has 0 aliphatic rings. The molecule has 0 radical (unpaired) electrons. The number of hydrogen-bond acceptors (Lipinski definition) is 3. The van der Waals surface area contributed by atoms with Crippen LogP contribution >= 0.6 is 0 Å². The highest BCUT2D eigenvalue weighted by Gasteiger charge is 2.08. The van der Waals surface area contributed by atoms with Gasteiger partial charge in [-0.15, -0.1) is 0 Å². The quantitative estimate of drug-likeness (QED) is 0.629. The molecule has 2 heterocycles. The lowest BCUT2D eigenvalue weighted by Gasteiger charge is -1.97. The molecule has 0 fully saturated rings. The van der Waals surface area contributed by atoms with Crippen LogP contribution in [0.1, 0.15) is 10.5 Å². The third-order valence-corrected chi connectivity index (χ3v) is 2.00. The van der Waals surface area contributed by atoms with Crippen LogP contribution in [-0.2, 0) is 7.05 Å². The Morgan fingerprint density at radius 1 is 1.64 bits per heavy atom. The number of H-pyrrole nitrogens is 1. The van der Waals surface area contributed by atoms with Crippen molar-refractivity contribution in [1.82, 2.24) is 14.8 Å². The molecular formula is C8H8N4O2. The highest BCUT2D eigenvalue weighted by molar-refractivity contribution is 5.92. The number of aryl methyl sites for hydroxylation is 1. The zero-order chi connectivity index (χ0) is 10.3. The number of carbonyl (C=O) groups is 1. The average molecular weight is 192 g/mol. The van der Waals surface area contributed by atoms with Crippen molar-refractivity contribution >= 4 is 16.9 Å². The first-order chi connectivity index (χ1) is 6.59. The topological polar surface area (TPSA) is 93.8 Å². The summed E-state index contributed by atoms with van der Waals surface area (Å²) in [5, 5.41) is 4.33. The normalized spacial score (nSPS) is 10.6. The van der Waals surface area contributed by atoms with Crippen molar-refractivity contribution in [1.29, 1.82) is 0 Å². The summed E-state index contributed by atoms with van der Waals surface area (Å²) in [6.45, 7) is 0. The minimum Gasteiger partial charge on any atom is -0.364 e. The van der Waals surface area contributed by atoms with Crippen molar-refractivity contribution in [3.63, 3.8) is 0 Å². The SMILES string of the molecule is Cn1ncc2c(=O)cc(C(N)=O)[nH]c21. The van der Waals surface area contributed by atoms with Crippen LogP contribution in [-0.4, -0.2) is 20.7 Å². The van der Waals surface area contributed by atoms with Crippen molar-refractivity contribution in [2.45, 2.75) is 0 Å². The van der Waals surface area contributed by atoms with Crippen molar-refractivity contribution in [3.8, 4) is 0 Å². The first-order valence-corrected chi connectivity index (χ1v) is 3.94. The van der Waals surface area contributed by atoms with Crippen molar-refractivity contribution < 1.29 is 4.79 Å². The fourth-order valence-electron chi connectivity index (χ4n) is 1.27. The second-order valence-electron chi connectivity index (χ2n) is 2.94. The lowest BCUT2D eigenvalue weighted by atomic mass is 10.3. The third-order valence-electron chi connectivity index (χ3n) is 2.00. The van der Waals surface area contributed by atoms with Crippen molar-refractivity contribution in [2.75, 3.05) is 0 Å². The van der Waals surface area contributed by atoms with Gasteiger partial charge in [0.2, 0.25) is 0 Å². The number of amides is 1. The van der Waals surface area contributed by atoms with E-state index in [-0.39, 0.29) is 11.1 Å². The van der Waals surface area contributed by atoms with E-state index in [4.69, 9.17) is 5.73 Å². The van der Waals surface area contributed by atoms with Crippen LogP contribution in [0.3, 0.4) is 0 Å². The number of nitrogens with one attached hydrogen (secondary N) is 1. The number of fused-ring (bicyclic) bond motifs is 1. The van der Waals surface area contributed by atoms with E-state index < -0.39 is 5.91 Å². The molecule has 2 aromatic heterocycles. The summed E-state index contributed by atoms with van der Waals surface area (Å²) in [5.74, 6) is -0.662. The largest absolute Gasteiger partial charge is 0.364 e. The number of aromatic nitrogens is 3. The molecular weight excluding hydrogens is 184 g/mol. The van der Waals surface area contributed by atoms with Gasteiger partial charge in [0, 0.05) is 13.1 Å². The van der Waals surface area contributed by atoms with Gasteiger partial charge in [0.25, 0.3) is 5.91 Å². The van der Waals surface area contributed by atoms with Crippen LogP contribution in [0.2, 0.25) is 0 Å². The zero-order valence-corrected chi connectivity index (χ0v) is 7.44. The van der Waals surface area contributed by atoms with Gasteiger partial charge in [0.1, 0.15) is 11.3 Å². The second kappa shape index (κ2) is 2.69. The number of nitrogens with zero attached hydrogens (tertiary/aromatic N) is 2. The molecule has 3 N–H and O–H groups in total. The highest BCUT2D eigenvalue weighted by atomic mass is 16.1. The molecule has 72 valence electrons. The predicted octanol–water partition coefficient (Wildman–Crippen LogP) is -0.639. The van der Waals surface area contributed by atoms with Crippen molar-refractivity contribution in [3.05, 3.63) is 28.2 Å². The fraction of sp³-hybridized carbons (Fsp3) is 0.125. The molecule has 0 aliphatic heterocycles. The Bertz CT molecular complexity index is 566. The molecule has 6 heteroatoms. The maximum Gasteiger partial charge on any atom is 0.265 e. The van der Waals surface area contributed by atoms with E-state index in [2.05, 4.69) is 10.1 Å². The minimum absolute atomic E-state index is 0.0890. The minimum atomic E-state index is -0.662. The number of primary amides is 1. The van der Waals surface area contributed by atoms with Gasteiger partial charge in [0.05, 0.1) is 11.6 Å². The molecule has 0 saturated carbocycles. The number of pyridine rings is 1. The summed E-state index contributed by atoms with van der Waals surface area (Å²) in [7, 11) is 1.67. The van der Waals surface area contributed by atoms with Crippen LogP contribution in [0.5, 0.6) is 0 Å². The highest BCUT2D eigenvalue weighted by Crippen LogP contribution is 2.05. The van der Waals surface area contributed by atoms with E-state index in [1.165, 1.54) is 16.9 Å². The second-order valence-corrected chi connectivity index (χ2v) is 2.94. The van der Waals surface area contributed by atoms with E-state index in [0.717, 1.165) is 0 Å². The molecule has 0 bridgehead atoms. The van der Waals surface area contributed by atoms with Gasteiger partial charge >= 0.3 is 0 Å². The summed E-state index contributed by atoms with van der Waals surface area (Å²) < 4.78 is 1.48. The van der Waals surface area contributed by atoms with Crippen molar-refractivity contribution in [2.24, 2.45) is 12.8 Å². The van der Waals surface area contributed by atoms with Gasteiger partial charge in [-0.05, 0) is 0 Å². The Morgan fingerprint density at radius 3 is 3.00 bits per heavy atom. The third kappa shape index (κ3) is 1.08. The number of hydrogen-bond donors (Lipinski definition) is 2. The Balaban J connectivity index is 2.89. The van der Waals surface area contributed by atoms with Gasteiger partial charge in [0.15, 0.2) is 5.43 Å². The summed E-state index contributed by atoms with van der Waals surface area (Å²) in [4.78, 5) is 25.0.